The number of hydrogen-bond acceptors (Lipinski definition) is 8. The van der Waals surface area contributed by atoms with Gasteiger partial charge >= 0.3 is 5.69 Å². The summed E-state index contributed by atoms with van der Waals surface area (Å²) in [5.41, 5.74) is 0.655. The highest BCUT2D eigenvalue weighted by Crippen LogP contribution is 2.32. The van der Waals surface area contributed by atoms with Crippen molar-refractivity contribution in [3.63, 3.8) is 0 Å². The molecule has 0 saturated heterocycles. The monoisotopic (exact) mass is 463 g/mol. The first-order valence-electron chi connectivity index (χ1n) is 7.89. The molecule has 0 aliphatic carbocycles. The minimum atomic E-state index is -0.740. The fourth-order valence-electron chi connectivity index (χ4n) is 2.24. The molecule has 0 unspecified atom stereocenters. The van der Waals surface area contributed by atoms with Gasteiger partial charge in [0.15, 0.2) is 11.6 Å². The molecule has 1 aromatic heterocycles. The average Bonchev–Trinajstić information content (AvgIpc) is 3.00. The summed E-state index contributed by atoms with van der Waals surface area (Å²) >= 11 is 4.82. The Bertz CT molecular complexity index is 1050. The molecule has 0 saturated carbocycles. The zero-order valence-corrected chi connectivity index (χ0v) is 16.9. The smallest absolute Gasteiger partial charge is 0.311 e. The Morgan fingerprint density at radius 3 is 2.64 bits per heavy atom. The van der Waals surface area contributed by atoms with Gasteiger partial charge in [-0.1, -0.05) is 39.8 Å². The maximum absolute atomic E-state index is 11.0. The molecule has 2 aromatic carbocycles. The Kier molecular flexibility index (Phi) is 5.95. The number of aromatic nitrogens is 3. The SMILES string of the molecule is Cc1nnc(SCc2ccc(Br)cc2)n1/N=C\c1cc([N+](=O)[O-])c(O)cc1O. The van der Waals surface area contributed by atoms with Crippen LogP contribution < -0.4 is 0 Å². The zero-order chi connectivity index (χ0) is 20.3. The van der Waals surface area contributed by atoms with E-state index in [1.54, 1.807) is 6.92 Å². The van der Waals surface area contributed by atoms with Gasteiger partial charge in [-0.3, -0.25) is 10.1 Å². The Labute approximate surface area is 172 Å². The summed E-state index contributed by atoms with van der Waals surface area (Å²) < 4.78 is 2.47. The van der Waals surface area contributed by atoms with E-state index in [0.717, 1.165) is 22.2 Å². The topological polar surface area (TPSA) is 127 Å². The second kappa shape index (κ2) is 8.40. The Balaban J connectivity index is 1.83. The summed E-state index contributed by atoms with van der Waals surface area (Å²) in [6.07, 6.45) is 1.25. The molecule has 0 radical (unpaired) electrons. The third kappa shape index (κ3) is 4.49. The molecule has 1 heterocycles. The zero-order valence-electron chi connectivity index (χ0n) is 14.5. The largest absolute Gasteiger partial charge is 0.507 e. The normalized spacial score (nSPS) is 11.2. The van der Waals surface area contributed by atoms with E-state index >= 15 is 0 Å². The second-order valence-electron chi connectivity index (χ2n) is 5.66. The van der Waals surface area contributed by atoms with E-state index in [2.05, 4.69) is 31.2 Å². The predicted octanol–water partition coefficient (Wildman–Crippen LogP) is 3.84. The molecule has 0 spiro atoms. The highest BCUT2D eigenvalue weighted by molar-refractivity contribution is 9.10. The highest BCUT2D eigenvalue weighted by Gasteiger charge is 2.17. The summed E-state index contributed by atoms with van der Waals surface area (Å²) in [5.74, 6) is 0.214. The van der Waals surface area contributed by atoms with E-state index in [9.17, 15) is 20.3 Å². The molecule has 0 fully saturated rings. The van der Waals surface area contributed by atoms with Gasteiger partial charge in [-0.2, -0.15) is 9.78 Å². The van der Waals surface area contributed by atoms with Gasteiger partial charge < -0.3 is 10.2 Å². The summed E-state index contributed by atoms with van der Waals surface area (Å²) in [5, 5.41) is 43.3. The van der Waals surface area contributed by atoms with Gasteiger partial charge in [0, 0.05) is 27.9 Å². The van der Waals surface area contributed by atoms with Crippen molar-refractivity contribution in [2.45, 2.75) is 17.8 Å². The molecule has 2 N–H and O–H groups in total. The summed E-state index contributed by atoms with van der Waals surface area (Å²) in [7, 11) is 0. The molecule has 11 heteroatoms. The number of benzene rings is 2. The third-order valence-corrected chi connectivity index (χ3v) is 5.20. The quantitative estimate of drug-likeness (QED) is 0.246. The van der Waals surface area contributed by atoms with Crippen LogP contribution in [0.4, 0.5) is 5.69 Å². The van der Waals surface area contributed by atoms with E-state index in [-0.39, 0.29) is 11.3 Å². The number of halogens is 1. The van der Waals surface area contributed by atoms with E-state index in [1.165, 1.54) is 22.7 Å². The standard InChI is InChI=1S/C17H14BrN5O4S/c1-10-20-21-17(28-9-11-2-4-13(18)5-3-11)22(10)19-8-12-6-14(23(26)27)16(25)7-15(12)24/h2-8,24-25H,9H2,1H3/b19-8-. The van der Waals surface area contributed by atoms with Crippen molar-refractivity contribution < 1.29 is 15.1 Å². The summed E-state index contributed by atoms with van der Waals surface area (Å²) in [6, 6.07) is 9.82. The Morgan fingerprint density at radius 2 is 1.96 bits per heavy atom. The van der Waals surface area contributed by atoms with E-state index in [1.807, 2.05) is 24.3 Å². The first-order valence-corrected chi connectivity index (χ1v) is 9.67. The molecule has 3 aromatic rings. The molecular formula is C17H14BrN5O4S. The Morgan fingerprint density at radius 1 is 1.25 bits per heavy atom. The van der Waals surface area contributed by atoms with Crippen LogP contribution in [0.25, 0.3) is 0 Å². The average molecular weight is 464 g/mol. The lowest BCUT2D eigenvalue weighted by Crippen LogP contribution is -1.97. The first kappa shape index (κ1) is 19.8. The fraction of sp³-hybridized carbons (Fsp3) is 0.118. The van der Waals surface area contributed by atoms with Crippen LogP contribution in [0.2, 0.25) is 0 Å². The molecule has 0 aliphatic rings. The first-order chi connectivity index (χ1) is 13.3. The van der Waals surface area contributed by atoms with Crippen molar-refractivity contribution in [1.82, 2.24) is 14.9 Å². The minimum absolute atomic E-state index is 0.0847. The molecule has 3 rings (SSSR count). The van der Waals surface area contributed by atoms with Gasteiger partial charge in [0.1, 0.15) is 5.75 Å². The van der Waals surface area contributed by atoms with Crippen LogP contribution in [-0.4, -0.2) is 36.2 Å². The van der Waals surface area contributed by atoms with Crippen molar-refractivity contribution in [2.24, 2.45) is 5.10 Å². The van der Waals surface area contributed by atoms with Gasteiger partial charge in [-0.05, 0) is 24.6 Å². The van der Waals surface area contributed by atoms with Crippen molar-refractivity contribution in [3.05, 3.63) is 67.9 Å². The van der Waals surface area contributed by atoms with Crippen LogP contribution in [0.15, 0.2) is 51.1 Å². The number of nitro groups is 1. The van der Waals surface area contributed by atoms with Crippen LogP contribution in [0.1, 0.15) is 17.0 Å². The molecule has 144 valence electrons. The molecule has 0 bridgehead atoms. The van der Waals surface area contributed by atoms with Crippen molar-refractivity contribution in [1.29, 1.82) is 0 Å². The number of aryl methyl sites for hydroxylation is 1. The van der Waals surface area contributed by atoms with Crippen molar-refractivity contribution in [2.75, 3.05) is 0 Å². The number of hydrogen-bond donors (Lipinski definition) is 2. The lowest BCUT2D eigenvalue weighted by molar-refractivity contribution is -0.385. The van der Waals surface area contributed by atoms with Gasteiger partial charge in [-0.25, -0.2) is 0 Å². The molecular weight excluding hydrogens is 450 g/mol. The molecule has 0 atom stereocenters. The van der Waals surface area contributed by atoms with Crippen molar-refractivity contribution >= 4 is 39.6 Å². The van der Waals surface area contributed by atoms with Gasteiger partial charge in [0.25, 0.3) is 0 Å². The maximum atomic E-state index is 11.0. The third-order valence-electron chi connectivity index (χ3n) is 3.68. The molecule has 0 amide bonds. The number of phenolic OH excluding ortho intramolecular Hbond substituents is 2. The predicted molar refractivity (Wildman–Crippen MR) is 108 cm³/mol. The van der Waals surface area contributed by atoms with Crippen molar-refractivity contribution in [3.8, 4) is 11.5 Å². The number of phenols is 2. The second-order valence-corrected chi connectivity index (χ2v) is 7.52. The molecule has 9 nitrogen and oxygen atoms in total. The molecule has 0 aliphatic heterocycles. The molecule has 28 heavy (non-hydrogen) atoms. The van der Waals surface area contributed by atoms with Crippen LogP contribution in [-0.2, 0) is 5.75 Å². The lowest BCUT2D eigenvalue weighted by atomic mass is 10.2. The number of thioether (sulfide) groups is 1. The van der Waals surface area contributed by atoms with Crippen LogP contribution >= 0.6 is 27.7 Å². The van der Waals surface area contributed by atoms with E-state index in [0.29, 0.717) is 16.7 Å². The minimum Gasteiger partial charge on any atom is -0.507 e. The fourth-order valence-corrected chi connectivity index (χ4v) is 3.39. The van der Waals surface area contributed by atoms with Crippen LogP contribution in [0, 0.1) is 17.0 Å². The van der Waals surface area contributed by atoms with E-state index in [4.69, 9.17) is 0 Å². The number of nitrogens with zero attached hydrogens (tertiary/aromatic N) is 5. The van der Waals surface area contributed by atoms with Crippen LogP contribution in [0.5, 0.6) is 11.5 Å². The van der Waals surface area contributed by atoms with Gasteiger partial charge in [0.2, 0.25) is 5.16 Å². The summed E-state index contributed by atoms with van der Waals surface area (Å²) in [4.78, 5) is 10.2. The number of aromatic hydroxyl groups is 2. The maximum Gasteiger partial charge on any atom is 0.311 e. The highest BCUT2D eigenvalue weighted by atomic mass is 79.9. The Hall–Kier alpha value is -2.92. The number of nitro benzene ring substituents is 1. The summed E-state index contributed by atoms with van der Waals surface area (Å²) in [6.45, 7) is 1.72. The van der Waals surface area contributed by atoms with E-state index < -0.39 is 16.4 Å². The lowest BCUT2D eigenvalue weighted by Gasteiger charge is -2.04. The van der Waals surface area contributed by atoms with Crippen LogP contribution in [0.3, 0.4) is 0 Å². The number of rotatable bonds is 6. The van der Waals surface area contributed by atoms with Gasteiger partial charge in [0.05, 0.1) is 11.1 Å². The van der Waals surface area contributed by atoms with Gasteiger partial charge in [-0.15, -0.1) is 10.2 Å².